The van der Waals surface area contributed by atoms with Gasteiger partial charge in [0.05, 0.1) is 26.4 Å². The second-order valence-electron chi connectivity index (χ2n) is 4.63. The van der Waals surface area contributed by atoms with Crippen molar-refractivity contribution in [3.63, 3.8) is 0 Å². The molecule has 1 rings (SSSR count). The summed E-state index contributed by atoms with van der Waals surface area (Å²) < 4.78 is 15.5. The van der Waals surface area contributed by atoms with Crippen molar-refractivity contribution in [2.45, 2.75) is 18.9 Å². The van der Waals surface area contributed by atoms with Crippen LogP contribution in [0.2, 0.25) is 0 Å². The fourth-order valence-corrected chi connectivity index (χ4v) is 2.29. The summed E-state index contributed by atoms with van der Waals surface area (Å²) in [6.45, 7) is 7.19. The molecule has 0 aliphatic carbocycles. The predicted octanol–water partition coefficient (Wildman–Crippen LogP) is 0.350. The molecule has 0 spiro atoms. The maximum absolute atomic E-state index is 5.52. The minimum absolute atomic E-state index is 0.660. The second-order valence-corrected chi connectivity index (χ2v) is 4.63. The molecule has 1 N–H and O–H groups in total. The zero-order chi connectivity index (χ0) is 13.1. The number of rotatable bonds is 11. The van der Waals surface area contributed by atoms with Gasteiger partial charge in [-0.1, -0.05) is 0 Å². The summed E-state index contributed by atoms with van der Waals surface area (Å²) in [5, 5.41) is 3.44. The van der Waals surface area contributed by atoms with Gasteiger partial charge in [-0.15, -0.1) is 0 Å². The fraction of sp³-hybridized carbons (Fsp3) is 1.00. The Morgan fingerprint density at radius 3 is 2.72 bits per heavy atom. The Morgan fingerprint density at radius 2 is 1.94 bits per heavy atom. The molecule has 0 radical (unpaired) electrons. The van der Waals surface area contributed by atoms with Crippen LogP contribution in [0.4, 0.5) is 0 Å². The second kappa shape index (κ2) is 10.7. The van der Waals surface area contributed by atoms with Crippen molar-refractivity contribution in [2.24, 2.45) is 0 Å². The average Bonchev–Trinajstić information content (AvgIpc) is 2.82. The van der Waals surface area contributed by atoms with Crippen LogP contribution in [0.25, 0.3) is 0 Å². The van der Waals surface area contributed by atoms with Crippen LogP contribution in [-0.2, 0) is 14.2 Å². The number of hydrogen-bond acceptors (Lipinski definition) is 5. The number of ether oxygens (including phenoxy) is 3. The number of hydrogen-bond donors (Lipinski definition) is 1. The number of methoxy groups -OCH3 is 2. The molecule has 1 aliphatic heterocycles. The van der Waals surface area contributed by atoms with E-state index in [-0.39, 0.29) is 0 Å². The zero-order valence-electron chi connectivity index (χ0n) is 11.8. The van der Waals surface area contributed by atoms with E-state index in [0.29, 0.717) is 19.3 Å². The first-order valence-electron chi connectivity index (χ1n) is 6.89. The molecule has 0 aromatic heterocycles. The summed E-state index contributed by atoms with van der Waals surface area (Å²) in [5.41, 5.74) is 0. The van der Waals surface area contributed by atoms with Gasteiger partial charge in [-0.05, 0) is 19.4 Å². The summed E-state index contributed by atoms with van der Waals surface area (Å²) in [4.78, 5) is 2.52. The van der Waals surface area contributed by atoms with Gasteiger partial charge in [0.25, 0.3) is 0 Å². The smallest absolute Gasteiger partial charge is 0.0700 e. The minimum atomic E-state index is 0.660. The van der Waals surface area contributed by atoms with E-state index in [4.69, 9.17) is 14.2 Å². The van der Waals surface area contributed by atoms with Crippen molar-refractivity contribution < 1.29 is 14.2 Å². The Labute approximate surface area is 111 Å². The molecule has 1 unspecified atom stereocenters. The summed E-state index contributed by atoms with van der Waals surface area (Å²) in [6, 6.07) is 0.660. The SMILES string of the molecule is COCCNCC1CCCN1CCOCCOC. The van der Waals surface area contributed by atoms with Crippen LogP contribution in [0, 0.1) is 0 Å². The van der Waals surface area contributed by atoms with E-state index in [1.807, 2.05) is 0 Å². The molecule has 0 bridgehead atoms. The Morgan fingerprint density at radius 1 is 1.11 bits per heavy atom. The van der Waals surface area contributed by atoms with Gasteiger partial charge >= 0.3 is 0 Å². The molecule has 18 heavy (non-hydrogen) atoms. The van der Waals surface area contributed by atoms with Gasteiger partial charge in [0.15, 0.2) is 0 Å². The predicted molar refractivity (Wildman–Crippen MR) is 72.0 cm³/mol. The Kier molecular flexibility index (Phi) is 9.42. The maximum Gasteiger partial charge on any atom is 0.0700 e. The third-order valence-electron chi connectivity index (χ3n) is 3.32. The number of nitrogens with one attached hydrogen (secondary N) is 1. The lowest BCUT2D eigenvalue weighted by Crippen LogP contribution is -2.40. The van der Waals surface area contributed by atoms with E-state index in [1.54, 1.807) is 14.2 Å². The molecule has 1 atom stereocenters. The van der Waals surface area contributed by atoms with Crippen LogP contribution in [0.3, 0.4) is 0 Å². The maximum atomic E-state index is 5.52. The lowest BCUT2D eigenvalue weighted by Gasteiger charge is -2.24. The van der Waals surface area contributed by atoms with Crippen LogP contribution < -0.4 is 5.32 Å². The van der Waals surface area contributed by atoms with E-state index < -0.39 is 0 Å². The van der Waals surface area contributed by atoms with Crippen LogP contribution in [0.1, 0.15) is 12.8 Å². The Hall–Kier alpha value is -0.200. The van der Waals surface area contributed by atoms with E-state index in [9.17, 15) is 0 Å². The van der Waals surface area contributed by atoms with Gasteiger partial charge in [0, 0.05) is 39.9 Å². The third kappa shape index (κ3) is 6.66. The molecule has 5 heteroatoms. The van der Waals surface area contributed by atoms with E-state index >= 15 is 0 Å². The minimum Gasteiger partial charge on any atom is -0.383 e. The third-order valence-corrected chi connectivity index (χ3v) is 3.32. The molecule has 0 amide bonds. The molecule has 1 aliphatic rings. The fourth-order valence-electron chi connectivity index (χ4n) is 2.29. The summed E-state index contributed by atoms with van der Waals surface area (Å²) >= 11 is 0. The van der Waals surface area contributed by atoms with Gasteiger partial charge < -0.3 is 19.5 Å². The molecule has 108 valence electrons. The quantitative estimate of drug-likeness (QED) is 0.543. The first-order valence-corrected chi connectivity index (χ1v) is 6.89. The van der Waals surface area contributed by atoms with Crippen molar-refractivity contribution >= 4 is 0 Å². The van der Waals surface area contributed by atoms with Crippen LogP contribution in [0.5, 0.6) is 0 Å². The lowest BCUT2D eigenvalue weighted by molar-refractivity contribution is 0.0551. The number of nitrogens with zero attached hydrogens (tertiary/aromatic N) is 1. The van der Waals surface area contributed by atoms with Gasteiger partial charge in [-0.2, -0.15) is 0 Å². The van der Waals surface area contributed by atoms with Gasteiger partial charge in [-0.25, -0.2) is 0 Å². The standard InChI is InChI=1S/C13H28N2O3/c1-16-8-5-14-12-13-4-3-6-15(13)7-9-18-11-10-17-2/h13-14H,3-12H2,1-2H3. The van der Waals surface area contributed by atoms with Gasteiger partial charge in [-0.3, -0.25) is 4.90 Å². The van der Waals surface area contributed by atoms with Crippen molar-refractivity contribution in [3.05, 3.63) is 0 Å². The largest absolute Gasteiger partial charge is 0.383 e. The highest BCUT2D eigenvalue weighted by Gasteiger charge is 2.23. The molecule has 1 saturated heterocycles. The monoisotopic (exact) mass is 260 g/mol. The zero-order valence-corrected chi connectivity index (χ0v) is 11.8. The first kappa shape index (κ1) is 15.9. The normalized spacial score (nSPS) is 20.7. The molecule has 0 aromatic rings. The van der Waals surface area contributed by atoms with Crippen molar-refractivity contribution in [1.29, 1.82) is 0 Å². The molecule has 0 saturated carbocycles. The van der Waals surface area contributed by atoms with E-state index in [1.165, 1.54) is 19.4 Å². The molecule has 5 nitrogen and oxygen atoms in total. The van der Waals surface area contributed by atoms with Crippen molar-refractivity contribution in [3.8, 4) is 0 Å². The summed E-state index contributed by atoms with van der Waals surface area (Å²) in [6.07, 6.45) is 2.59. The molecule has 0 aromatic carbocycles. The van der Waals surface area contributed by atoms with Crippen molar-refractivity contribution in [2.75, 3.05) is 66.8 Å². The van der Waals surface area contributed by atoms with E-state index in [2.05, 4.69) is 10.2 Å². The molecule has 1 heterocycles. The molecule has 1 fully saturated rings. The molecular formula is C13H28N2O3. The highest BCUT2D eigenvalue weighted by atomic mass is 16.5. The Balaban J connectivity index is 2.03. The van der Waals surface area contributed by atoms with Crippen LogP contribution in [0.15, 0.2) is 0 Å². The average molecular weight is 260 g/mol. The number of likely N-dealkylation sites (tertiary alicyclic amines) is 1. The first-order chi connectivity index (χ1) is 8.88. The van der Waals surface area contributed by atoms with E-state index in [0.717, 1.165) is 32.8 Å². The van der Waals surface area contributed by atoms with Gasteiger partial charge in [0.2, 0.25) is 0 Å². The van der Waals surface area contributed by atoms with Crippen LogP contribution >= 0.6 is 0 Å². The topological polar surface area (TPSA) is 43.0 Å². The summed E-state index contributed by atoms with van der Waals surface area (Å²) in [5.74, 6) is 0. The van der Waals surface area contributed by atoms with Crippen LogP contribution in [-0.4, -0.2) is 77.8 Å². The molecular weight excluding hydrogens is 232 g/mol. The highest BCUT2D eigenvalue weighted by molar-refractivity contribution is 4.80. The highest BCUT2D eigenvalue weighted by Crippen LogP contribution is 2.15. The van der Waals surface area contributed by atoms with Crippen molar-refractivity contribution in [1.82, 2.24) is 10.2 Å². The Bertz CT molecular complexity index is 193. The lowest BCUT2D eigenvalue weighted by atomic mass is 10.2. The van der Waals surface area contributed by atoms with Gasteiger partial charge in [0.1, 0.15) is 0 Å². The summed E-state index contributed by atoms with van der Waals surface area (Å²) in [7, 11) is 3.44.